The van der Waals surface area contributed by atoms with Crippen LogP contribution in [-0.4, -0.2) is 10.1 Å². The second-order valence-electron chi connectivity index (χ2n) is 4.71. The van der Waals surface area contributed by atoms with Gasteiger partial charge in [-0.05, 0) is 30.3 Å². The van der Waals surface area contributed by atoms with E-state index in [2.05, 4.69) is 4.98 Å². The number of oxazole rings is 1. The Bertz CT molecular complexity index is 753. The molecule has 0 spiro atoms. The Morgan fingerprint density at radius 1 is 1.09 bits per heavy atom. The lowest BCUT2D eigenvalue weighted by Gasteiger charge is -2.07. The fraction of sp³-hybridized carbons (Fsp3) is 0.118. The number of ether oxygens (including phenoxy) is 1. The highest BCUT2D eigenvalue weighted by molar-refractivity contribution is 5.52. The van der Waals surface area contributed by atoms with Crippen molar-refractivity contribution >= 4 is 0 Å². The molecule has 0 amide bonds. The maximum absolute atomic E-state index is 12.9. The van der Waals surface area contributed by atoms with Gasteiger partial charge in [-0.1, -0.05) is 18.2 Å². The molecule has 1 heterocycles. The van der Waals surface area contributed by atoms with Crippen LogP contribution in [0.1, 0.15) is 11.3 Å². The quantitative estimate of drug-likeness (QED) is 0.782. The van der Waals surface area contributed by atoms with Gasteiger partial charge in [-0.25, -0.2) is 9.37 Å². The van der Waals surface area contributed by atoms with E-state index >= 15 is 0 Å². The zero-order chi connectivity index (χ0) is 15.4. The Morgan fingerprint density at radius 3 is 2.64 bits per heavy atom. The molecule has 0 aliphatic rings. The number of aliphatic hydroxyl groups is 1. The number of benzene rings is 2. The van der Waals surface area contributed by atoms with Crippen molar-refractivity contribution in [3.63, 3.8) is 0 Å². The summed E-state index contributed by atoms with van der Waals surface area (Å²) in [4.78, 5) is 4.30. The highest BCUT2D eigenvalue weighted by Crippen LogP contribution is 2.21. The summed E-state index contributed by atoms with van der Waals surface area (Å²) >= 11 is 0. The van der Waals surface area contributed by atoms with E-state index in [0.717, 1.165) is 0 Å². The van der Waals surface area contributed by atoms with Crippen LogP contribution < -0.4 is 4.74 Å². The summed E-state index contributed by atoms with van der Waals surface area (Å²) < 4.78 is 23.9. The van der Waals surface area contributed by atoms with Crippen LogP contribution in [0.4, 0.5) is 4.39 Å². The van der Waals surface area contributed by atoms with Crippen LogP contribution >= 0.6 is 0 Å². The van der Waals surface area contributed by atoms with Crippen molar-refractivity contribution in [2.75, 3.05) is 0 Å². The topological polar surface area (TPSA) is 55.5 Å². The molecule has 0 fully saturated rings. The van der Waals surface area contributed by atoms with Gasteiger partial charge in [0.05, 0.1) is 6.61 Å². The third-order valence-corrected chi connectivity index (χ3v) is 3.16. The second-order valence-corrected chi connectivity index (χ2v) is 4.71. The van der Waals surface area contributed by atoms with E-state index in [9.17, 15) is 9.50 Å². The van der Waals surface area contributed by atoms with Crippen molar-refractivity contribution in [3.8, 4) is 17.2 Å². The molecular weight excluding hydrogens is 285 g/mol. The van der Waals surface area contributed by atoms with Crippen molar-refractivity contribution < 1.29 is 18.7 Å². The Balaban J connectivity index is 1.71. The van der Waals surface area contributed by atoms with Crippen LogP contribution in [0.15, 0.2) is 59.2 Å². The molecule has 3 aromatic rings. The van der Waals surface area contributed by atoms with E-state index in [-0.39, 0.29) is 19.0 Å². The minimum atomic E-state index is -0.306. The highest BCUT2D eigenvalue weighted by Gasteiger charge is 2.08. The first-order valence-corrected chi connectivity index (χ1v) is 6.78. The van der Waals surface area contributed by atoms with E-state index < -0.39 is 0 Å². The Morgan fingerprint density at radius 2 is 1.86 bits per heavy atom. The molecular formula is C17H14FNO3. The third kappa shape index (κ3) is 3.15. The molecule has 112 valence electrons. The van der Waals surface area contributed by atoms with Gasteiger partial charge < -0.3 is 14.3 Å². The molecule has 5 heteroatoms. The van der Waals surface area contributed by atoms with E-state index in [1.165, 1.54) is 18.4 Å². The van der Waals surface area contributed by atoms with Gasteiger partial charge in [0.1, 0.15) is 30.1 Å². The molecule has 0 saturated heterocycles. The van der Waals surface area contributed by atoms with Gasteiger partial charge >= 0.3 is 0 Å². The monoisotopic (exact) mass is 299 g/mol. The van der Waals surface area contributed by atoms with Crippen LogP contribution in [0.5, 0.6) is 5.75 Å². The lowest BCUT2D eigenvalue weighted by atomic mass is 10.2. The summed E-state index contributed by atoms with van der Waals surface area (Å²) in [5, 5.41) is 9.25. The van der Waals surface area contributed by atoms with Crippen LogP contribution in [-0.2, 0) is 13.2 Å². The largest absolute Gasteiger partial charge is 0.487 e. The zero-order valence-corrected chi connectivity index (χ0v) is 11.7. The molecule has 1 aromatic heterocycles. The molecule has 1 N–H and O–H groups in total. The normalized spacial score (nSPS) is 10.6. The molecule has 0 radical (unpaired) electrons. The summed E-state index contributed by atoms with van der Waals surface area (Å²) in [5.74, 6) is 0.713. The van der Waals surface area contributed by atoms with Gasteiger partial charge in [-0.3, -0.25) is 0 Å². The number of aromatic nitrogens is 1. The first-order valence-electron chi connectivity index (χ1n) is 6.78. The van der Waals surface area contributed by atoms with Crippen LogP contribution in [0, 0.1) is 5.82 Å². The molecule has 0 unspecified atom stereocenters. The minimum Gasteiger partial charge on any atom is -0.487 e. The number of hydrogen-bond donors (Lipinski definition) is 1. The first kappa shape index (κ1) is 14.3. The summed E-state index contributed by atoms with van der Waals surface area (Å²) in [7, 11) is 0. The molecule has 0 atom stereocenters. The number of rotatable bonds is 5. The Kier molecular flexibility index (Phi) is 4.16. The highest BCUT2D eigenvalue weighted by atomic mass is 19.1. The number of halogens is 1. The van der Waals surface area contributed by atoms with Gasteiger partial charge in [0, 0.05) is 11.1 Å². The van der Waals surface area contributed by atoms with Crippen LogP contribution in [0.2, 0.25) is 0 Å². The maximum Gasteiger partial charge on any atom is 0.226 e. The van der Waals surface area contributed by atoms with E-state index in [1.807, 2.05) is 12.1 Å². The first-order chi connectivity index (χ1) is 10.8. The predicted octanol–water partition coefficient (Wildman–Crippen LogP) is 3.55. The summed E-state index contributed by atoms with van der Waals surface area (Å²) in [6, 6.07) is 13.2. The number of nitrogens with zero attached hydrogens (tertiary/aromatic N) is 1. The molecule has 3 rings (SSSR count). The number of aliphatic hydroxyl groups excluding tert-OH is 1. The minimum absolute atomic E-state index is 0.0875. The molecule has 0 aliphatic carbocycles. The van der Waals surface area contributed by atoms with Gasteiger partial charge in [-0.2, -0.15) is 0 Å². The average molecular weight is 299 g/mol. The van der Waals surface area contributed by atoms with Gasteiger partial charge in [0.15, 0.2) is 0 Å². The number of hydrogen-bond acceptors (Lipinski definition) is 4. The summed E-state index contributed by atoms with van der Waals surface area (Å²) in [5.41, 5.74) is 2.03. The van der Waals surface area contributed by atoms with Crippen molar-refractivity contribution in [2.45, 2.75) is 13.2 Å². The van der Waals surface area contributed by atoms with E-state index in [4.69, 9.17) is 9.15 Å². The van der Waals surface area contributed by atoms with E-state index in [1.54, 1.807) is 24.3 Å². The molecule has 0 bridgehead atoms. The predicted molar refractivity (Wildman–Crippen MR) is 78.6 cm³/mol. The van der Waals surface area contributed by atoms with Gasteiger partial charge in [-0.15, -0.1) is 0 Å². The fourth-order valence-electron chi connectivity index (χ4n) is 2.03. The SMILES string of the molecule is OCc1ccccc1OCc1coc(-c2ccc(F)cc2)n1. The molecule has 0 aliphatic heterocycles. The molecule has 4 nitrogen and oxygen atoms in total. The standard InChI is InChI=1S/C17H14FNO3/c18-14-7-5-12(6-8-14)17-19-15(11-22-17)10-21-16-4-2-1-3-13(16)9-20/h1-8,11,20H,9-10H2. The van der Waals surface area contributed by atoms with Gasteiger partial charge in [0.25, 0.3) is 0 Å². The summed E-state index contributed by atoms with van der Waals surface area (Å²) in [6.07, 6.45) is 1.50. The van der Waals surface area contributed by atoms with E-state index in [0.29, 0.717) is 28.5 Å². The number of para-hydroxylation sites is 1. The van der Waals surface area contributed by atoms with Crippen molar-refractivity contribution in [1.29, 1.82) is 0 Å². The molecule has 0 saturated carbocycles. The Hall–Kier alpha value is -2.66. The second kappa shape index (κ2) is 6.41. The van der Waals surface area contributed by atoms with Gasteiger partial charge in [0.2, 0.25) is 5.89 Å². The average Bonchev–Trinajstić information content (AvgIpc) is 3.03. The molecule has 2 aromatic carbocycles. The Labute approximate surface area is 126 Å². The maximum atomic E-state index is 12.9. The lowest BCUT2D eigenvalue weighted by molar-refractivity contribution is 0.257. The van der Waals surface area contributed by atoms with Crippen molar-refractivity contribution in [1.82, 2.24) is 4.98 Å². The smallest absolute Gasteiger partial charge is 0.226 e. The van der Waals surface area contributed by atoms with Crippen molar-refractivity contribution in [3.05, 3.63) is 71.9 Å². The zero-order valence-electron chi connectivity index (χ0n) is 11.7. The van der Waals surface area contributed by atoms with Crippen molar-refractivity contribution in [2.24, 2.45) is 0 Å². The lowest BCUT2D eigenvalue weighted by Crippen LogP contribution is -1.98. The third-order valence-electron chi connectivity index (χ3n) is 3.16. The fourth-order valence-corrected chi connectivity index (χ4v) is 2.03. The van der Waals surface area contributed by atoms with Crippen LogP contribution in [0.25, 0.3) is 11.5 Å². The van der Waals surface area contributed by atoms with Crippen LogP contribution in [0.3, 0.4) is 0 Å². The summed E-state index contributed by atoms with van der Waals surface area (Å²) in [6.45, 7) is 0.136. The molecule has 22 heavy (non-hydrogen) atoms.